The molecule has 1 aromatic carbocycles. The Morgan fingerprint density at radius 2 is 1.84 bits per heavy atom. The van der Waals surface area contributed by atoms with Gasteiger partial charge in [-0.05, 0) is 40.5 Å². The van der Waals surface area contributed by atoms with E-state index in [1.165, 1.54) is 18.3 Å². The summed E-state index contributed by atoms with van der Waals surface area (Å²) in [7, 11) is 0. The van der Waals surface area contributed by atoms with E-state index in [4.69, 9.17) is 0 Å². The van der Waals surface area contributed by atoms with Crippen molar-refractivity contribution in [2.45, 2.75) is 13.0 Å². The van der Waals surface area contributed by atoms with Crippen LogP contribution in [0.4, 0.5) is 18.9 Å². The molecule has 0 bridgehead atoms. The van der Waals surface area contributed by atoms with Crippen molar-refractivity contribution in [2.75, 3.05) is 5.32 Å². The number of hydrogen-bond donors (Lipinski definition) is 1. The molecule has 6 heteroatoms. The molecule has 0 saturated heterocycles. The summed E-state index contributed by atoms with van der Waals surface area (Å²) >= 11 is 2.98. The Morgan fingerprint density at radius 3 is 2.53 bits per heavy atom. The van der Waals surface area contributed by atoms with E-state index < -0.39 is 17.5 Å². The molecule has 0 spiro atoms. The maximum absolute atomic E-state index is 13.6. The second kappa shape index (κ2) is 5.61. The average Bonchev–Trinajstić information content (AvgIpc) is 2.36. The van der Waals surface area contributed by atoms with Crippen molar-refractivity contribution in [1.29, 1.82) is 0 Å². The molecule has 1 atom stereocenters. The number of nitrogens with one attached hydrogen (secondary N) is 1. The molecular weight excluding hydrogens is 321 g/mol. The lowest BCUT2D eigenvalue weighted by Crippen LogP contribution is -2.09. The van der Waals surface area contributed by atoms with Gasteiger partial charge in [0, 0.05) is 12.3 Å². The van der Waals surface area contributed by atoms with Crippen molar-refractivity contribution in [3.8, 4) is 0 Å². The van der Waals surface area contributed by atoms with Gasteiger partial charge in [-0.1, -0.05) is 0 Å². The normalized spacial score (nSPS) is 12.3. The van der Waals surface area contributed by atoms with Crippen molar-refractivity contribution in [3.05, 3.63) is 58.1 Å². The second-order valence-electron chi connectivity index (χ2n) is 4.05. The Morgan fingerprint density at radius 1 is 1.11 bits per heavy atom. The molecule has 0 amide bonds. The summed E-state index contributed by atoms with van der Waals surface area (Å²) in [6.45, 7) is 1.73. The molecule has 100 valence electrons. The number of rotatable bonds is 3. The number of aromatic nitrogens is 1. The summed E-state index contributed by atoms with van der Waals surface area (Å²) in [5, 5.41) is 2.84. The van der Waals surface area contributed by atoms with Crippen molar-refractivity contribution in [3.63, 3.8) is 0 Å². The van der Waals surface area contributed by atoms with E-state index in [1.54, 1.807) is 6.92 Å². The van der Waals surface area contributed by atoms with Crippen molar-refractivity contribution < 1.29 is 13.2 Å². The van der Waals surface area contributed by atoms with E-state index in [9.17, 15) is 13.2 Å². The van der Waals surface area contributed by atoms with Crippen LogP contribution in [0.25, 0.3) is 0 Å². The standard InChI is InChI=1S/C13H10BrF3N2/c1-7(8-2-9(15)6-18-5-8)19-13-3-10(14)11(16)4-12(13)17/h2-7,19H,1H3. The van der Waals surface area contributed by atoms with Crippen molar-refractivity contribution in [1.82, 2.24) is 4.98 Å². The Hall–Kier alpha value is -1.56. The zero-order chi connectivity index (χ0) is 14.0. The molecule has 19 heavy (non-hydrogen) atoms. The quantitative estimate of drug-likeness (QED) is 0.842. The van der Waals surface area contributed by atoms with E-state index in [0.717, 1.165) is 12.3 Å². The summed E-state index contributed by atoms with van der Waals surface area (Å²) in [4.78, 5) is 3.72. The highest BCUT2D eigenvalue weighted by Crippen LogP contribution is 2.27. The molecule has 0 aliphatic carbocycles. The van der Waals surface area contributed by atoms with Gasteiger partial charge in [-0.3, -0.25) is 4.98 Å². The second-order valence-corrected chi connectivity index (χ2v) is 4.90. The molecular formula is C13H10BrF3N2. The van der Waals surface area contributed by atoms with Crippen LogP contribution < -0.4 is 5.32 Å². The van der Waals surface area contributed by atoms with E-state index in [1.807, 2.05) is 0 Å². The number of pyridine rings is 1. The monoisotopic (exact) mass is 330 g/mol. The van der Waals surface area contributed by atoms with Gasteiger partial charge in [0.25, 0.3) is 0 Å². The zero-order valence-corrected chi connectivity index (χ0v) is 11.5. The number of hydrogen-bond acceptors (Lipinski definition) is 2. The Balaban J connectivity index is 2.24. The molecule has 0 radical (unpaired) electrons. The predicted molar refractivity (Wildman–Crippen MR) is 70.3 cm³/mol. The number of anilines is 1. The van der Waals surface area contributed by atoms with Crippen LogP contribution in [0.2, 0.25) is 0 Å². The predicted octanol–water partition coefficient (Wildman–Crippen LogP) is 4.43. The van der Waals surface area contributed by atoms with Crippen LogP contribution in [-0.4, -0.2) is 4.98 Å². The van der Waals surface area contributed by atoms with Gasteiger partial charge in [-0.2, -0.15) is 0 Å². The van der Waals surface area contributed by atoms with Gasteiger partial charge in [-0.15, -0.1) is 0 Å². The molecule has 1 heterocycles. The van der Waals surface area contributed by atoms with Gasteiger partial charge in [0.2, 0.25) is 0 Å². The SMILES string of the molecule is CC(Nc1cc(Br)c(F)cc1F)c1cncc(F)c1. The molecule has 1 aromatic heterocycles. The lowest BCUT2D eigenvalue weighted by molar-refractivity contribution is 0.579. The Bertz CT molecular complexity index is 604. The maximum Gasteiger partial charge on any atom is 0.149 e. The maximum atomic E-state index is 13.6. The zero-order valence-electron chi connectivity index (χ0n) is 9.92. The summed E-state index contributed by atoms with van der Waals surface area (Å²) in [6.07, 6.45) is 2.57. The molecule has 0 aliphatic heterocycles. The summed E-state index contributed by atoms with van der Waals surface area (Å²) in [5.74, 6) is -1.85. The Labute approximate surface area is 116 Å². The van der Waals surface area contributed by atoms with Gasteiger partial charge >= 0.3 is 0 Å². The summed E-state index contributed by atoms with van der Waals surface area (Å²) in [5.41, 5.74) is 0.699. The highest BCUT2D eigenvalue weighted by atomic mass is 79.9. The van der Waals surface area contributed by atoms with E-state index in [-0.39, 0.29) is 16.2 Å². The van der Waals surface area contributed by atoms with Crippen LogP contribution in [0.5, 0.6) is 0 Å². The summed E-state index contributed by atoms with van der Waals surface area (Å²) in [6, 6.07) is 3.02. The van der Waals surface area contributed by atoms with E-state index in [2.05, 4.69) is 26.2 Å². The summed E-state index contributed by atoms with van der Waals surface area (Å²) < 4.78 is 39.9. The molecule has 1 N–H and O–H groups in total. The van der Waals surface area contributed by atoms with Gasteiger partial charge in [0.05, 0.1) is 22.4 Å². The molecule has 2 rings (SSSR count). The molecule has 0 fully saturated rings. The third-order valence-corrected chi connectivity index (χ3v) is 3.22. The number of nitrogens with zero attached hydrogens (tertiary/aromatic N) is 1. The first kappa shape index (κ1) is 13.9. The smallest absolute Gasteiger partial charge is 0.149 e. The van der Waals surface area contributed by atoms with Crippen molar-refractivity contribution >= 4 is 21.6 Å². The highest BCUT2D eigenvalue weighted by molar-refractivity contribution is 9.10. The number of benzene rings is 1. The lowest BCUT2D eigenvalue weighted by atomic mass is 10.1. The van der Waals surface area contributed by atoms with Crippen LogP contribution in [0, 0.1) is 17.5 Å². The molecule has 1 unspecified atom stereocenters. The fourth-order valence-electron chi connectivity index (χ4n) is 1.61. The Kier molecular flexibility index (Phi) is 4.09. The van der Waals surface area contributed by atoms with Crippen LogP contribution >= 0.6 is 15.9 Å². The van der Waals surface area contributed by atoms with Gasteiger partial charge in [-0.25, -0.2) is 13.2 Å². The topological polar surface area (TPSA) is 24.9 Å². The van der Waals surface area contributed by atoms with E-state index in [0.29, 0.717) is 5.56 Å². The minimum Gasteiger partial charge on any atom is -0.376 e. The van der Waals surface area contributed by atoms with Crippen molar-refractivity contribution in [2.24, 2.45) is 0 Å². The third-order valence-electron chi connectivity index (χ3n) is 2.61. The van der Waals surface area contributed by atoms with Crippen LogP contribution in [0.3, 0.4) is 0 Å². The lowest BCUT2D eigenvalue weighted by Gasteiger charge is -2.16. The molecule has 2 nitrogen and oxygen atoms in total. The fraction of sp³-hybridized carbons (Fsp3) is 0.154. The van der Waals surface area contributed by atoms with E-state index >= 15 is 0 Å². The van der Waals surface area contributed by atoms with Crippen LogP contribution in [-0.2, 0) is 0 Å². The van der Waals surface area contributed by atoms with Gasteiger partial charge in [0.1, 0.15) is 17.5 Å². The molecule has 2 aromatic rings. The highest BCUT2D eigenvalue weighted by Gasteiger charge is 2.12. The fourth-order valence-corrected chi connectivity index (χ4v) is 1.96. The first-order chi connectivity index (χ1) is 8.97. The average molecular weight is 331 g/mol. The van der Waals surface area contributed by atoms with Crippen LogP contribution in [0.1, 0.15) is 18.5 Å². The third kappa shape index (κ3) is 3.26. The largest absolute Gasteiger partial charge is 0.376 e. The van der Waals surface area contributed by atoms with Gasteiger partial charge < -0.3 is 5.32 Å². The number of halogens is 4. The molecule has 0 aliphatic rings. The molecule has 0 saturated carbocycles. The van der Waals surface area contributed by atoms with Gasteiger partial charge in [0.15, 0.2) is 0 Å². The first-order valence-corrected chi connectivity index (χ1v) is 6.28. The minimum atomic E-state index is -0.711. The first-order valence-electron chi connectivity index (χ1n) is 5.49. The minimum absolute atomic E-state index is 0.130. The van der Waals surface area contributed by atoms with Crippen LogP contribution in [0.15, 0.2) is 35.1 Å².